The second kappa shape index (κ2) is 4.39. The fraction of sp³-hybridized carbons (Fsp3) is 0.300. The molecular formula is C10H10Cl2N2O. The SMILES string of the molecule is O=C(CCl)NN1Cc2ccccc2C1Cl. The van der Waals surface area contributed by atoms with E-state index in [0.29, 0.717) is 6.54 Å². The first-order valence-corrected chi connectivity index (χ1v) is 5.53. The van der Waals surface area contributed by atoms with Gasteiger partial charge in [-0.2, -0.15) is 5.01 Å². The smallest absolute Gasteiger partial charge is 0.249 e. The largest absolute Gasteiger partial charge is 0.286 e. The maximum absolute atomic E-state index is 11.1. The summed E-state index contributed by atoms with van der Waals surface area (Å²) < 4.78 is 0. The van der Waals surface area contributed by atoms with Crippen molar-refractivity contribution in [1.82, 2.24) is 10.4 Å². The van der Waals surface area contributed by atoms with E-state index >= 15 is 0 Å². The van der Waals surface area contributed by atoms with Crippen molar-refractivity contribution in [3.63, 3.8) is 0 Å². The van der Waals surface area contributed by atoms with E-state index in [9.17, 15) is 4.79 Å². The Morgan fingerprint density at radius 3 is 2.93 bits per heavy atom. The van der Waals surface area contributed by atoms with Crippen LogP contribution in [-0.2, 0) is 11.3 Å². The molecule has 0 fully saturated rings. The summed E-state index contributed by atoms with van der Waals surface area (Å²) in [5, 5.41) is 1.68. The molecule has 0 aromatic heterocycles. The maximum Gasteiger partial charge on any atom is 0.249 e. The third-order valence-electron chi connectivity index (χ3n) is 2.32. The molecular weight excluding hydrogens is 235 g/mol. The summed E-state index contributed by atoms with van der Waals surface area (Å²) in [7, 11) is 0. The summed E-state index contributed by atoms with van der Waals surface area (Å²) in [5.74, 6) is -0.300. The predicted molar refractivity (Wildman–Crippen MR) is 59.4 cm³/mol. The molecule has 3 nitrogen and oxygen atoms in total. The van der Waals surface area contributed by atoms with Crippen molar-refractivity contribution in [3.05, 3.63) is 35.4 Å². The van der Waals surface area contributed by atoms with Crippen molar-refractivity contribution in [2.24, 2.45) is 0 Å². The lowest BCUT2D eigenvalue weighted by atomic mass is 10.1. The molecule has 2 rings (SSSR count). The third kappa shape index (κ3) is 2.09. The van der Waals surface area contributed by atoms with E-state index in [2.05, 4.69) is 5.43 Å². The van der Waals surface area contributed by atoms with Crippen molar-refractivity contribution in [3.8, 4) is 0 Å². The van der Waals surface area contributed by atoms with Crippen LogP contribution in [-0.4, -0.2) is 16.8 Å². The Bertz CT molecular complexity index is 383. The molecule has 1 N–H and O–H groups in total. The van der Waals surface area contributed by atoms with Crippen molar-refractivity contribution >= 4 is 29.1 Å². The zero-order valence-electron chi connectivity index (χ0n) is 7.91. The third-order valence-corrected chi connectivity index (χ3v) is 3.03. The van der Waals surface area contributed by atoms with Gasteiger partial charge in [-0.3, -0.25) is 10.2 Å². The molecule has 0 saturated heterocycles. The minimum Gasteiger partial charge on any atom is -0.286 e. The molecule has 1 atom stereocenters. The van der Waals surface area contributed by atoms with Crippen LogP contribution in [0.4, 0.5) is 0 Å². The molecule has 5 heteroatoms. The Hall–Kier alpha value is -0.770. The van der Waals surface area contributed by atoms with Crippen LogP contribution >= 0.6 is 23.2 Å². The Labute approximate surface area is 97.9 Å². The van der Waals surface area contributed by atoms with Gasteiger partial charge < -0.3 is 0 Å². The minimum atomic E-state index is -0.312. The molecule has 15 heavy (non-hydrogen) atoms. The fourth-order valence-electron chi connectivity index (χ4n) is 1.63. The van der Waals surface area contributed by atoms with Crippen LogP contribution in [0.25, 0.3) is 0 Å². The Kier molecular flexibility index (Phi) is 3.14. The molecule has 0 radical (unpaired) electrons. The molecule has 1 aromatic carbocycles. The van der Waals surface area contributed by atoms with E-state index < -0.39 is 0 Å². The number of nitrogens with one attached hydrogen (secondary N) is 1. The Balaban J connectivity index is 2.13. The first-order chi connectivity index (χ1) is 7.22. The molecule has 1 aliphatic rings. The molecule has 1 unspecified atom stereocenters. The summed E-state index contributed by atoms with van der Waals surface area (Å²) in [5.41, 5.74) is 4.51. The van der Waals surface area contributed by atoms with Gasteiger partial charge in [0.25, 0.3) is 0 Å². The van der Waals surface area contributed by atoms with Gasteiger partial charge in [0.05, 0.1) is 0 Å². The second-order valence-corrected chi connectivity index (χ2v) is 4.01. The van der Waals surface area contributed by atoms with E-state index in [4.69, 9.17) is 23.2 Å². The number of rotatable bonds is 2. The van der Waals surface area contributed by atoms with Crippen LogP contribution in [0.15, 0.2) is 24.3 Å². The predicted octanol–water partition coefficient (Wildman–Crippen LogP) is 2.01. The van der Waals surface area contributed by atoms with E-state index in [-0.39, 0.29) is 17.3 Å². The number of nitrogens with zero attached hydrogens (tertiary/aromatic N) is 1. The summed E-state index contributed by atoms with van der Waals surface area (Å²) in [6, 6.07) is 7.84. The van der Waals surface area contributed by atoms with Gasteiger partial charge in [-0.15, -0.1) is 11.6 Å². The topological polar surface area (TPSA) is 32.3 Å². The highest BCUT2D eigenvalue weighted by molar-refractivity contribution is 6.27. The van der Waals surface area contributed by atoms with Crippen molar-refractivity contribution in [2.45, 2.75) is 12.0 Å². The number of halogens is 2. The van der Waals surface area contributed by atoms with Gasteiger partial charge in [0.2, 0.25) is 5.91 Å². The molecule has 0 spiro atoms. The minimum absolute atomic E-state index is 0.0591. The number of fused-ring (bicyclic) bond motifs is 1. The highest BCUT2D eigenvalue weighted by atomic mass is 35.5. The number of hydrazine groups is 1. The lowest BCUT2D eigenvalue weighted by molar-refractivity contribution is -0.123. The molecule has 1 aromatic rings. The zero-order chi connectivity index (χ0) is 10.8. The summed E-state index contributed by atoms with van der Waals surface area (Å²) >= 11 is 11.6. The summed E-state index contributed by atoms with van der Waals surface area (Å²) in [6.45, 7) is 0.618. The average Bonchev–Trinajstić information content (AvgIpc) is 2.57. The number of benzene rings is 1. The van der Waals surface area contributed by atoms with Gasteiger partial charge in [0.1, 0.15) is 11.4 Å². The number of hydrogen-bond acceptors (Lipinski definition) is 2. The highest BCUT2D eigenvalue weighted by Crippen LogP contribution is 2.34. The quantitative estimate of drug-likeness (QED) is 0.638. The second-order valence-electron chi connectivity index (χ2n) is 3.33. The van der Waals surface area contributed by atoms with Crippen LogP contribution in [0.3, 0.4) is 0 Å². The summed E-state index contributed by atoms with van der Waals surface area (Å²) in [6.07, 6.45) is 0. The van der Waals surface area contributed by atoms with Crippen molar-refractivity contribution in [1.29, 1.82) is 0 Å². The van der Waals surface area contributed by atoms with Crippen LogP contribution in [0.1, 0.15) is 16.6 Å². The first kappa shape index (κ1) is 10.7. The van der Waals surface area contributed by atoms with Gasteiger partial charge in [0.15, 0.2) is 0 Å². The highest BCUT2D eigenvalue weighted by Gasteiger charge is 2.28. The van der Waals surface area contributed by atoms with Crippen LogP contribution < -0.4 is 5.43 Å². The number of hydrogen-bond donors (Lipinski definition) is 1. The van der Waals surface area contributed by atoms with Crippen LogP contribution in [0, 0.1) is 0 Å². The van der Waals surface area contributed by atoms with Gasteiger partial charge in [-0.1, -0.05) is 35.9 Å². The monoisotopic (exact) mass is 244 g/mol. The standard InChI is InChI=1S/C10H10Cl2N2O/c11-5-9(15)13-14-6-7-3-1-2-4-8(7)10(14)12/h1-4,10H,5-6H2,(H,13,15). The van der Waals surface area contributed by atoms with E-state index in [1.54, 1.807) is 5.01 Å². The van der Waals surface area contributed by atoms with Gasteiger partial charge in [-0.25, -0.2) is 0 Å². The fourth-order valence-corrected chi connectivity index (χ4v) is 2.02. The molecule has 0 saturated carbocycles. The van der Waals surface area contributed by atoms with Gasteiger partial charge in [-0.05, 0) is 11.1 Å². The zero-order valence-corrected chi connectivity index (χ0v) is 9.42. The molecule has 1 heterocycles. The number of alkyl halides is 2. The molecule has 0 bridgehead atoms. The van der Waals surface area contributed by atoms with E-state index in [1.807, 2.05) is 24.3 Å². The molecule has 0 aliphatic carbocycles. The first-order valence-electron chi connectivity index (χ1n) is 4.56. The number of amides is 1. The molecule has 80 valence electrons. The number of carbonyl (C=O) groups is 1. The Morgan fingerprint density at radius 2 is 2.27 bits per heavy atom. The van der Waals surface area contributed by atoms with Gasteiger partial charge in [0, 0.05) is 6.54 Å². The van der Waals surface area contributed by atoms with E-state index in [0.717, 1.165) is 11.1 Å². The Morgan fingerprint density at radius 1 is 1.53 bits per heavy atom. The maximum atomic E-state index is 11.1. The van der Waals surface area contributed by atoms with Crippen LogP contribution in [0.2, 0.25) is 0 Å². The lowest BCUT2D eigenvalue weighted by Crippen LogP contribution is -2.40. The number of carbonyl (C=O) groups excluding carboxylic acids is 1. The molecule has 1 amide bonds. The average molecular weight is 245 g/mol. The molecule has 1 aliphatic heterocycles. The van der Waals surface area contributed by atoms with Crippen LogP contribution in [0.5, 0.6) is 0 Å². The lowest BCUT2D eigenvalue weighted by Gasteiger charge is -2.19. The van der Waals surface area contributed by atoms with E-state index in [1.165, 1.54) is 0 Å². The van der Waals surface area contributed by atoms with Crippen molar-refractivity contribution < 1.29 is 4.79 Å². The van der Waals surface area contributed by atoms with Crippen molar-refractivity contribution in [2.75, 3.05) is 5.88 Å². The van der Waals surface area contributed by atoms with Gasteiger partial charge >= 0.3 is 0 Å². The normalized spacial score (nSPS) is 20.0. The summed E-state index contributed by atoms with van der Waals surface area (Å²) in [4.78, 5) is 11.1.